The molecule has 1 aromatic carbocycles. The van der Waals surface area contributed by atoms with Crippen molar-refractivity contribution in [3.05, 3.63) is 29.8 Å². The normalized spacial score (nSPS) is 11.9. The van der Waals surface area contributed by atoms with E-state index in [1.807, 2.05) is 0 Å². The van der Waals surface area contributed by atoms with Gasteiger partial charge in [-0.15, -0.1) is 0 Å². The van der Waals surface area contributed by atoms with Gasteiger partial charge in [-0.25, -0.2) is 0 Å². The van der Waals surface area contributed by atoms with Crippen LogP contribution in [0.2, 0.25) is 0 Å². The molecule has 0 aliphatic carbocycles. The highest BCUT2D eigenvalue weighted by Gasteiger charge is 2.20. The van der Waals surface area contributed by atoms with Crippen molar-refractivity contribution in [1.29, 1.82) is 0 Å². The summed E-state index contributed by atoms with van der Waals surface area (Å²) in [5.41, 5.74) is 0.493. The summed E-state index contributed by atoms with van der Waals surface area (Å²) >= 11 is 3.05. The number of halogens is 1. The Morgan fingerprint density at radius 1 is 1.27 bits per heavy atom. The highest BCUT2D eigenvalue weighted by molar-refractivity contribution is 9.10. The summed E-state index contributed by atoms with van der Waals surface area (Å²) in [4.78, 5) is 21.9. The molecule has 0 spiro atoms. The number of hydrogen-bond acceptors (Lipinski definition) is 3. The van der Waals surface area contributed by atoms with Gasteiger partial charge in [0, 0.05) is 5.56 Å². The summed E-state index contributed by atoms with van der Waals surface area (Å²) < 4.78 is 4.97. The Hall–Kier alpha value is -1.16. The molecule has 0 aromatic heterocycles. The maximum absolute atomic E-state index is 11.7. The third-order valence-electron chi connectivity index (χ3n) is 1.96. The molecule has 0 amide bonds. The first kappa shape index (κ1) is 11.9. The number of benzene rings is 1. The van der Waals surface area contributed by atoms with Crippen LogP contribution in [0.5, 0.6) is 5.75 Å². The molecule has 1 aromatic rings. The van der Waals surface area contributed by atoms with Crippen LogP contribution in [0.25, 0.3) is 0 Å². The molecule has 0 heterocycles. The van der Waals surface area contributed by atoms with Gasteiger partial charge in [0.25, 0.3) is 0 Å². The Morgan fingerprint density at radius 3 is 2.20 bits per heavy atom. The van der Waals surface area contributed by atoms with Gasteiger partial charge in [0.1, 0.15) is 10.6 Å². The van der Waals surface area contributed by atoms with Crippen molar-refractivity contribution in [1.82, 2.24) is 0 Å². The summed E-state index contributed by atoms with van der Waals surface area (Å²) in [6.07, 6.45) is 0. The molecule has 0 bridgehead atoms. The Balaban J connectivity index is 2.87. The Bertz CT molecular complexity index is 370. The third kappa shape index (κ3) is 2.89. The highest BCUT2D eigenvalue weighted by Crippen LogP contribution is 2.15. The minimum Gasteiger partial charge on any atom is -0.497 e. The number of carbonyl (C=O) groups is 2. The van der Waals surface area contributed by atoms with E-state index in [2.05, 4.69) is 15.9 Å². The molecule has 4 heteroatoms. The van der Waals surface area contributed by atoms with Crippen LogP contribution in [0.15, 0.2) is 24.3 Å². The minimum atomic E-state index is -0.758. The van der Waals surface area contributed by atoms with Crippen molar-refractivity contribution in [2.45, 2.75) is 11.8 Å². The molecule has 0 saturated heterocycles. The Kier molecular flexibility index (Phi) is 4.03. The van der Waals surface area contributed by atoms with E-state index in [-0.39, 0.29) is 11.6 Å². The molecular formula is C11H11BrO3. The fraction of sp³-hybridized carbons (Fsp3) is 0.273. The second-order valence-corrected chi connectivity index (χ2v) is 3.98. The number of rotatable bonds is 4. The fourth-order valence-electron chi connectivity index (χ4n) is 1.09. The number of carbonyl (C=O) groups excluding carboxylic acids is 2. The van der Waals surface area contributed by atoms with Gasteiger partial charge in [0.05, 0.1) is 7.11 Å². The van der Waals surface area contributed by atoms with E-state index in [0.29, 0.717) is 11.3 Å². The van der Waals surface area contributed by atoms with E-state index in [4.69, 9.17) is 4.74 Å². The zero-order valence-corrected chi connectivity index (χ0v) is 10.1. The molecule has 0 N–H and O–H groups in total. The maximum Gasteiger partial charge on any atom is 0.183 e. The molecule has 3 nitrogen and oxygen atoms in total. The van der Waals surface area contributed by atoms with Gasteiger partial charge in [-0.1, -0.05) is 15.9 Å². The van der Waals surface area contributed by atoms with Crippen molar-refractivity contribution in [3.63, 3.8) is 0 Å². The average Bonchev–Trinajstić information content (AvgIpc) is 2.27. The number of Topliss-reactive ketones (excluding diaryl/α,β-unsaturated/α-hetero) is 2. The second kappa shape index (κ2) is 5.07. The van der Waals surface area contributed by atoms with Crippen LogP contribution in [0.3, 0.4) is 0 Å². The molecule has 0 aliphatic heterocycles. The van der Waals surface area contributed by atoms with Crippen LogP contribution in [0.4, 0.5) is 0 Å². The molecular weight excluding hydrogens is 260 g/mol. The molecule has 0 radical (unpaired) electrons. The van der Waals surface area contributed by atoms with E-state index in [1.165, 1.54) is 6.92 Å². The van der Waals surface area contributed by atoms with Crippen molar-refractivity contribution in [2.75, 3.05) is 7.11 Å². The van der Waals surface area contributed by atoms with Gasteiger partial charge >= 0.3 is 0 Å². The summed E-state index contributed by atoms with van der Waals surface area (Å²) in [7, 11) is 1.56. The van der Waals surface area contributed by atoms with Crippen molar-refractivity contribution in [3.8, 4) is 5.75 Å². The summed E-state index contributed by atoms with van der Waals surface area (Å²) in [6, 6.07) is 6.65. The lowest BCUT2D eigenvalue weighted by Gasteiger charge is -2.05. The van der Waals surface area contributed by atoms with E-state index >= 15 is 0 Å². The lowest BCUT2D eigenvalue weighted by Crippen LogP contribution is -2.21. The lowest BCUT2D eigenvalue weighted by atomic mass is 10.1. The minimum absolute atomic E-state index is 0.198. The van der Waals surface area contributed by atoms with Crippen molar-refractivity contribution < 1.29 is 14.3 Å². The second-order valence-electron chi connectivity index (χ2n) is 3.07. The quantitative estimate of drug-likeness (QED) is 0.479. The molecule has 0 aliphatic rings. The van der Waals surface area contributed by atoms with E-state index in [0.717, 1.165) is 0 Å². The third-order valence-corrected chi connectivity index (χ3v) is 3.02. The van der Waals surface area contributed by atoms with E-state index < -0.39 is 4.83 Å². The Labute approximate surface area is 96.6 Å². The number of alkyl halides is 1. The first-order valence-corrected chi connectivity index (χ1v) is 5.30. The smallest absolute Gasteiger partial charge is 0.183 e. The molecule has 15 heavy (non-hydrogen) atoms. The highest BCUT2D eigenvalue weighted by atomic mass is 79.9. The largest absolute Gasteiger partial charge is 0.497 e. The van der Waals surface area contributed by atoms with E-state index in [9.17, 15) is 9.59 Å². The first-order valence-electron chi connectivity index (χ1n) is 4.39. The molecule has 80 valence electrons. The van der Waals surface area contributed by atoms with Gasteiger partial charge in [0.15, 0.2) is 11.6 Å². The van der Waals surface area contributed by atoms with Crippen LogP contribution >= 0.6 is 15.9 Å². The van der Waals surface area contributed by atoms with Gasteiger partial charge in [-0.2, -0.15) is 0 Å². The number of hydrogen-bond donors (Lipinski definition) is 0. The van der Waals surface area contributed by atoms with Gasteiger partial charge in [-0.05, 0) is 31.2 Å². The summed E-state index contributed by atoms with van der Waals surface area (Å²) in [5.74, 6) is 0.251. The SMILES string of the molecule is COc1ccc(C(=O)[C@H](Br)C(C)=O)cc1. The van der Waals surface area contributed by atoms with Crippen LogP contribution in [0, 0.1) is 0 Å². The number of ether oxygens (including phenoxy) is 1. The summed E-state index contributed by atoms with van der Waals surface area (Å²) in [5, 5.41) is 0. The van der Waals surface area contributed by atoms with Crippen molar-refractivity contribution >= 4 is 27.5 Å². The topological polar surface area (TPSA) is 43.4 Å². The molecule has 0 fully saturated rings. The molecule has 1 rings (SSSR count). The monoisotopic (exact) mass is 270 g/mol. The average molecular weight is 271 g/mol. The van der Waals surface area contributed by atoms with Crippen LogP contribution in [-0.2, 0) is 4.79 Å². The first-order chi connectivity index (χ1) is 7.06. The van der Waals surface area contributed by atoms with Gasteiger partial charge in [-0.3, -0.25) is 9.59 Å². The standard InChI is InChI=1S/C11H11BrO3/c1-7(13)10(12)11(14)8-3-5-9(15-2)6-4-8/h3-6,10H,1-2H3/t10-/m1/s1. The van der Waals surface area contributed by atoms with Gasteiger partial charge in [0.2, 0.25) is 0 Å². The van der Waals surface area contributed by atoms with Crippen LogP contribution in [-0.4, -0.2) is 23.5 Å². The Morgan fingerprint density at radius 2 is 1.80 bits per heavy atom. The van der Waals surface area contributed by atoms with Crippen LogP contribution in [0.1, 0.15) is 17.3 Å². The molecule has 1 atom stereocenters. The van der Waals surface area contributed by atoms with Crippen molar-refractivity contribution in [2.24, 2.45) is 0 Å². The maximum atomic E-state index is 11.7. The van der Waals surface area contributed by atoms with E-state index in [1.54, 1.807) is 31.4 Å². The van der Waals surface area contributed by atoms with Gasteiger partial charge < -0.3 is 4.74 Å². The fourth-order valence-corrected chi connectivity index (χ4v) is 1.35. The summed E-state index contributed by atoms with van der Waals surface area (Å²) in [6.45, 7) is 1.38. The zero-order chi connectivity index (χ0) is 11.4. The lowest BCUT2D eigenvalue weighted by molar-refractivity contribution is -0.115. The number of ketones is 2. The predicted octanol–water partition coefficient (Wildman–Crippen LogP) is 2.23. The molecule has 0 unspecified atom stereocenters. The van der Waals surface area contributed by atoms with Crippen LogP contribution < -0.4 is 4.74 Å². The zero-order valence-electron chi connectivity index (χ0n) is 8.49. The predicted molar refractivity (Wildman–Crippen MR) is 60.7 cm³/mol. The molecule has 0 saturated carbocycles. The number of methoxy groups -OCH3 is 1.